The van der Waals surface area contributed by atoms with Crippen molar-refractivity contribution in [3.63, 3.8) is 0 Å². The van der Waals surface area contributed by atoms with Gasteiger partial charge in [-0.15, -0.1) is 9.36 Å². The van der Waals surface area contributed by atoms with Gasteiger partial charge in [-0.1, -0.05) is 29.8 Å². The highest BCUT2D eigenvalue weighted by Crippen LogP contribution is 2.16. The lowest BCUT2D eigenvalue weighted by Crippen LogP contribution is -2.45. The van der Waals surface area contributed by atoms with Gasteiger partial charge in [-0.05, 0) is 36.4 Å². The molecule has 0 radical (unpaired) electrons. The molecule has 2 aromatic carbocycles. The summed E-state index contributed by atoms with van der Waals surface area (Å²) in [5.74, 6) is -1.28. The van der Waals surface area contributed by atoms with Gasteiger partial charge in [0.2, 0.25) is 17.3 Å². The molecule has 0 saturated carbocycles. The van der Waals surface area contributed by atoms with Crippen LogP contribution in [0.3, 0.4) is 0 Å². The van der Waals surface area contributed by atoms with Crippen LogP contribution < -0.4 is 9.79 Å². The van der Waals surface area contributed by atoms with Gasteiger partial charge >= 0.3 is 0 Å². The molecule has 0 amide bonds. The van der Waals surface area contributed by atoms with E-state index in [1.54, 1.807) is 48.5 Å². The van der Waals surface area contributed by atoms with Crippen LogP contribution in [0.25, 0.3) is 5.69 Å². The highest BCUT2D eigenvalue weighted by Gasteiger charge is 2.26. The maximum absolute atomic E-state index is 12.5. The number of hydrogen-bond donors (Lipinski definition) is 0. The van der Waals surface area contributed by atoms with Crippen LogP contribution in [0.5, 0.6) is 5.88 Å². The van der Waals surface area contributed by atoms with Crippen LogP contribution in [-0.4, -0.2) is 21.5 Å². The molecule has 1 aromatic heterocycles. The molecule has 0 spiro atoms. The molecular weight excluding hydrogens is 342 g/mol. The third kappa shape index (κ3) is 3.44. The minimum atomic E-state index is -0.553. The molecule has 0 atom stereocenters. The van der Waals surface area contributed by atoms with Gasteiger partial charge in [0.1, 0.15) is 5.88 Å². The average Bonchev–Trinajstić information content (AvgIpc) is 2.92. The summed E-state index contributed by atoms with van der Waals surface area (Å²) in [6.45, 7) is 1.06. The Morgan fingerprint density at radius 3 is 2.36 bits per heavy atom. The molecule has 126 valence electrons. The van der Waals surface area contributed by atoms with E-state index in [1.165, 1.54) is 6.92 Å². The van der Waals surface area contributed by atoms with Crippen molar-refractivity contribution in [3.8, 4) is 11.6 Å². The summed E-state index contributed by atoms with van der Waals surface area (Å²) in [4.78, 5) is 24.3. The normalized spacial score (nSPS) is 10.6. The second-order valence-corrected chi connectivity index (χ2v) is 5.87. The number of nitrogens with zero attached hydrogens (tertiary/aromatic N) is 3. The molecule has 1 heterocycles. The molecule has 0 aliphatic rings. The van der Waals surface area contributed by atoms with Crippen molar-refractivity contribution < 1.29 is 19.4 Å². The van der Waals surface area contributed by atoms with Crippen molar-refractivity contribution in [2.75, 3.05) is 0 Å². The highest BCUT2D eigenvalue weighted by atomic mass is 35.5. The van der Waals surface area contributed by atoms with E-state index in [0.717, 1.165) is 9.36 Å². The molecular formula is C18H14ClN3O3. The van der Waals surface area contributed by atoms with E-state index in [2.05, 4.69) is 5.21 Å². The van der Waals surface area contributed by atoms with Crippen LogP contribution in [0, 0.1) is 0 Å². The van der Waals surface area contributed by atoms with Crippen molar-refractivity contribution in [1.29, 1.82) is 0 Å². The summed E-state index contributed by atoms with van der Waals surface area (Å²) in [5.41, 5.74) is 0.812. The smallest absolute Gasteiger partial charge is 0.227 e. The van der Waals surface area contributed by atoms with E-state index in [9.17, 15) is 14.7 Å². The van der Waals surface area contributed by atoms with Crippen LogP contribution in [0.15, 0.2) is 54.6 Å². The van der Waals surface area contributed by atoms with E-state index in [4.69, 9.17) is 11.6 Å². The molecule has 0 unspecified atom stereocenters. The van der Waals surface area contributed by atoms with Crippen molar-refractivity contribution in [3.05, 3.63) is 70.9 Å². The first-order chi connectivity index (χ1) is 12.0. The summed E-state index contributed by atoms with van der Waals surface area (Å²) >= 11 is 5.82. The third-order valence-corrected chi connectivity index (χ3v) is 3.90. The predicted octanol–water partition coefficient (Wildman–Crippen LogP) is 1.97. The van der Waals surface area contributed by atoms with E-state index < -0.39 is 11.7 Å². The zero-order valence-electron chi connectivity index (χ0n) is 13.3. The van der Waals surface area contributed by atoms with Gasteiger partial charge in [0, 0.05) is 17.5 Å². The van der Waals surface area contributed by atoms with Crippen LogP contribution >= 0.6 is 11.6 Å². The molecule has 3 rings (SSSR count). The largest absolute Gasteiger partial charge is 0.837 e. The summed E-state index contributed by atoms with van der Waals surface area (Å²) in [6, 6.07) is 15.1. The molecule has 7 heteroatoms. The van der Waals surface area contributed by atoms with Crippen molar-refractivity contribution in [2.45, 2.75) is 13.5 Å². The van der Waals surface area contributed by atoms with Crippen molar-refractivity contribution in [2.24, 2.45) is 0 Å². The molecule has 0 saturated heterocycles. The lowest BCUT2D eigenvalue weighted by molar-refractivity contribution is -0.744. The summed E-state index contributed by atoms with van der Waals surface area (Å²) < 4.78 is 2.26. The fourth-order valence-electron chi connectivity index (χ4n) is 2.45. The maximum Gasteiger partial charge on any atom is 0.227 e. The second kappa shape index (κ2) is 6.86. The van der Waals surface area contributed by atoms with Crippen LogP contribution in [0.2, 0.25) is 5.02 Å². The monoisotopic (exact) mass is 355 g/mol. The average molecular weight is 356 g/mol. The van der Waals surface area contributed by atoms with Gasteiger partial charge in [0.05, 0.1) is 5.21 Å². The molecule has 0 fully saturated rings. The van der Waals surface area contributed by atoms with E-state index >= 15 is 0 Å². The van der Waals surface area contributed by atoms with Gasteiger partial charge in [0.25, 0.3) is 0 Å². The zero-order valence-corrected chi connectivity index (χ0v) is 14.1. The second-order valence-electron chi connectivity index (χ2n) is 5.43. The number of ketones is 2. The minimum absolute atomic E-state index is 0.133. The van der Waals surface area contributed by atoms with Crippen molar-refractivity contribution >= 4 is 23.2 Å². The Morgan fingerprint density at radius 2 is 1.76 bits per heavy atom. The first-order valence-corrected chi connectivity index (χ1v) is 7.90. The highest BCUT2D eigenvalue weighted by molar-refractivity contribution is 6.30. The Bertz CT molecular complexity index is 934. The first-order valence-electron chi connectivity index (χ1n) is 7.52. The Kier molecular flexibility index (Phi) is 4.63. The number of carbonyl (C=O) groups excluding carboxylic acids is 2. The Balaban J connectivity index is 1.99. The Hall–Kier alpha value is -2.99. The first kappa shape index (κ1) is 16.9. The summed E-state index contributed by atoms with van der Waals surface area (Å²) in [6.07, 6.45) is 0. The lowest BCUT2D eigenvalue weighted by Gasteiger charge is -2.02. The number of aromatic nitrogens is 3. The number of halogens is 1. The Morgan fingerprint density at radius 1 is 1.12 bits per heavy atom. The molecule has 3 aromatic rings. The standard InChI is InChI=1S/C18H14ClN3O3/c1-12(23)17-18(25)22(15-5-3-2-4-6-15)20-21(17)11-16(24)13-7-9-14(19)10-8-13/h2-10H,11H2,1H3. The van der Waals surface area contributed by atoms with Crippen molar-refractivity contribution in [1.82, 2.24) is 9.90 Å². The third-order valence-electron chi connectivity index (χ3n) is 3.64. The minimum Gasteiger partial charge on any atom is -0.837 e. The predicted molar refractivity (Wildman–Crippen MR) is 89.0 cm³/mol. The number of Topliss-reactive ketones (excluding diaryl/α,β-unsaturated/α-hetero) is 2. The fraction of sp³-hybridized carbons (Fsp3) is 0.111. The number of para-hydroxylation sites is 1. The summed E-state index contributed by atoms with van der Waals surface area (Å²) in [5, 5.41) is 17.2. The lowest BCUT2D eigenvalue weighted by atomic mass is 10.1. The van der Waals surface area contributed by atoms with E-state index in [1.807, 2.05) is 6.07 Å². The topological polar surface area (TPSA) is 78.9 Å². The maximum atomic E-state index is 12.5. The number of benzene rings is 2. The molecule has 0 bridgehead atoms. The van der Waals surface area contributed by atoms with Gasteiger partial charge in [-0.2, -0.15) is 0 Å². The van der Waals surface area contributed by atoms with Gasteiger partial charge in [-0.25, -0.2) is 0 Å². The van der Waals surface area contributed by atoms with E-state index in [-0.39, 0.29) is 18.0 Å². The Labute approximate surface area is 148 Å². The van der Waals surface area contributed by atoms with Crippen LogP contribution in [0.4, 0.5) is 0 Å². The summed E-state index contributed by atoms with van der Waals surface area (Å²) in [7, 11) is 0. The van der Waals surface area contributed by atoms with Crippen LogP contribution in [-0.2, 0) is 6.54 Å². The van der Waals surface area contributed by atoms with Gasteiger partial charge in [-0.3, -0.25) is 9.59 Å². The number of carbonyl (C=O) groups is 2. The molecule has 0 aliphatic heterocycles. The molecule has 6 nitrogen and oxygen atoms in total. The number of hydrogen-bond acceptors (Lipinski definition) is 4. The quantitative estimate of drug-likeness (QED) is 0.518. The van der Waals surface area contributed by atoms with Gasteiger partial charge in [0.15, 0.2) is 12.2 Å². The SMILES string of the molecule is CC(=O)c1c([O-])n(-c2ccccc2)n[n+]1CC(=O)c1ccc(Cl)cc1. The van der Waals surface area contributed by atoms with Crippen LogP contribution in [0.1, 0.15) is 27.8 Å². The fourth-order valence-corrected chi connectivity index (χ4v) is 2.57. The van der Waals surface area contributed by atoms with E-state index in [0.29, 0.717) is 16.3 Å². The molecule has 0 N–H and O–H groups in total. The number of rotatable bonds is 5. The molecule has 25 heavy (non-hydrogen) atoms. The van der Waals surface area contributed by atoms with Gasteiger partial charge < -0.3 is 5.11 Å². The molecule has 0 aliphatic carbocycles. The zero-order chi connectivity index (χ0) is 18.0.